The largest absolute Gasteiger partial charge is 0.0654 e. The fraction of sp³-hybridized carbons (Fsp3) is 0.538. The van der Waals surface area contributed by atoms with Crippen LogP contribution in [0, 0.1) is 6.92 Å². The van der Waals surface area contributed by atoms with Crippen LogP contribution in [0.1, 0.15) is 186 Å². The number of benzene rings is 4. The minimum atomic E-state index is 0.0824. The normalized spacial score (nSPS) is 13.7. The molecule has 0 heterocycles. The third-order valence-corrected chi connectivity index (χ3v) is 13.4. The van der Waals surface area contributed by atoms with Gasteiger partial charge in [-0.25, -0.2) is 0 Å². The Morgan fingerprint density at radius 1 is 0.423 bits per heavy atom. The molecule has 0 N–H and O–H groups in total. The minimum absolute atomic E-state index is 0.0824. The van der Waals surface area contributed by atoms with Crippen LogP contribution in [0.3, 0.4) is 0 Å². The summed E-state index contributed by atoms with van der Waals surface area (Å²) in [5.74, 6) is 0. The average molecular weight is 697 g/mol. The van der Waals surface area contributed by atoms with Gasteiger partial charge in [-0.15, -0.1) is 0 Å². The van der Waals surface area contributed by atoms with Crippen LogP contribution in [-0.4, -0.2) is 0 Å². The fourth-order valence-electron chi connectivity index (χ4n) is 8.85. The van der Waals surface area contributed by atoms with Gasteiger partial charge in [0.15, 0.2) is 0 Å². The Labute approximate surface area is 320 Å². The summed E-state index contributed by atoms with van der Waals surface area (Å²) in [6.45, 7) is 21.1. The van der Waals surface area contributed by atoms with Crippen molar-refractivity contribution in [2.24, 2.45) is 0 Å². The van der Waals surface area contributed by atoms with Crippen LogP contribution in [-0.2, 0) is 16.2 Å². The standard InChI is InChI=1S/C52H72/c1-10-14-16-18-20-22-34-52(35-23-21-19-17-15-11-2)48-37-42(27-32-46(48)47-33-30-44(38-49(47)52)51(8,9)13-4)41-26-31-45(39(5)36-41)40-24-28-43(29-25-40)50(6,7)12-3/h24-33,36-38H,10-23,34-35H2,1-9H3. The van der Waals surface area contributed by atoms with Gasteiger partial charge in [0.2, 0.25) is 0 Å². The lowest BCUT2D eigenvalue weighted by molar-refractivity contribution is 0.396. The van der Waals surface area contributed by atoms with Crippen molar-refractivity contribution < 1.29 is 0 Å². The predicted octanol–water partition coefficient (Wildman–Crippen LogP) is 16.5. The van der Waals surface area contributed by atoms with Gasteiger partial charge in [-0.3, -0.25) is 0 Å². The van der Waals surface area contributed by atoms with Gasteiger partial charge in [-0.05, 0) is 111 Å². The molecule has 0 saturated carbocycles. The van der Waals surface area contributed by atoms with Gasteiger partial charge in [0.05, 0.1) is 0 Å². The van der Waals surface area contributed by atoms with Gasteiger partial charge in [-0.1, -0.05) is 205 Å². The molecule has 5 rings (SSSR count). The SMILES string of the molecule is CCCCCCCCC1(CCCCCCCC)c2cc(-c3ccc(-c4ccc(C(C)(C)CC)cc4)c(C)c3)ccc2-c2ccc(C(C)(C)CC)cc21. The zero-order valence-electron chi connectivity index (χ0n) is 34.8. The summed E-state index contributed by atoms with van der Waals surface area (Å²) in [4.78, 5) is 0. The topological polar surface area (TPSA) is 0 Å². The molecule has 1 aliphatic rings. The first kappa shape index (κ1) is 40.1. The second-order valence-corrected chi connectivity index (χ2v) is 17.7. The lowest BCUT2D eigenvalue weighted by Crippen LogP contribution is -2.26. The Morgan fingerprint density at radius 3 is 1.38 bits per heavy atom. The molecule has 0 unspecified atom stereocenters. The van der Waals surface area contributed by atoms with E-state index < -0.39 is 0 Å². The molecular formula is C52H72. The van der Waals surface area contributed by atoms with E-state index in [0.29, 0.717) is 0 Å². The molecule has 0 aliphatic heterocycles. The van der Waals surface area contributed by atoms with Crippen LogP contribution in [0.15, 0.2) is 78.9 Å². The molecule has 280 valence electrons. The summed E-state index contributed by atoms with van der Waals surface area (Å²) >= 11 is 0. The van der Waals surface area contributed by atoms with E-state index in [-0.39, 0.29) is 16.2 Å². The summed E-state index contributed by atoms with van der Waals surface area (Å²) in [6, 6.07) is 31.6. The van der Waals surface area contributed by atoms with Gasteiger partial charge < -0.3 is 0 Å². The van der Waals surface area contributed by atoms with E-state index in [1.165, 1.54) is 140 Å². The summed E-state index contributed by atoms with van der Waals surface area (Å²) in [5.41, 5.74) is 16.3. The maximum atomic E-state index is 2.67. The van der Waals surface area contributed by atoms with Gasteiger partial charge in [0.25, 0.3) is 0 Å². The van der Waals surface area contributed by atoms with E-state index in [9.17, 15) is 0 Å². The molecule has 4 aromatic carbocycles. The van der Waals surface area contributed by atoms with E-state index >= 15 is 0 Å². The molecule has 0 heteroatoms. The summed E-state index contributed by atoms with van der Waals surface area (Å²) in [7, 11) is 0. The first-order chi connectivity index (χ1) is 25.0. The van der Waals surface area contributed by atoms with Crippen LogP contribution < -0.4 is 0 Å². The number of unbranched alkanes of at least 4 members (excludes halogenated alkanes) is 10. The Morgan fingerprint density at radius 2 is 0.846 bits per heavy atom. The van der Waals surface area contributed by atoms with Crippen LogP contribution in [0.25, 0.3) is 33.4 Å². The molecule has 0 spiro atoms. The highest BCUT2D eigenvalue weighted by atomic mass is 14.5. The van der Waals surface area contributed by atoms with Crippen molar-refractivity contribution in [3.8, 4) is 33.4 Å². The zero-order valence-corrected chi connectivity index (χ0v) is 34.8. The third-order valence-electron chi connectivity index (χ3n) is 13.4. The van der Waals surface area contributed by atoms with Crippen LogP contribution in [0.2, 0.25) is 0 Å². The maximum Gasteiger partial charge on any atom is 0.0215 e. The van der Waals surface area contributed by atoms with Gasteiger partial charge in [0.1, 0.15) is 0 Å². The van der Waals surface area contributed by atoms with Crippen molar-refractivity contribution in [1.82, 2.24) is 0 Å². The van der Waals surface area contributed by atoms with E-state index in [0.717, 1.165) is 12.8 Å². The first-order valence-corrected chi connectivity index (χ1v) is 21.5. The molecule has 1 aliphatic carbocycles. The van der Waals surface area contributed by atoms with E-state index in [1.54, 1.807) is 11.1 Å². The summed E-state index contributed by atoms with van der Waals surface area (Å²) in [6.07, 6.45) is 21.0. The molecule has 0 amide bonds. The lowest BCUT2D eigenvalue weighted by Gasteiger charge is -2.34. The lowest BCUT2D eigenvalue weighted by atomic mass is 9.69. The average Bonchev–Trinajstić information content (AvgIpc) is 3.42. The second kappa shape index (κ2) is 17.8. The van der Waals surface area contributed by atoms with Crippen molar-refractivity contribution in [2.45, 2.75) is 181 Å². The van der Waals surface area contributed by atoms with Crippen LogP contribution in [0.4, 0.5) is 0 Å². The molecule has 0 saturated heterocycles. The maximum absolute atomic E-state index is 2.67. The molecule has 4 aromatic rings. The summed E-state index contributed by atoms with van der Waals surface area (Å²) in [5, 5.41) is 0. The molecule has 0 nitrogen and oxygen atoms in total. The fourth-order valence-corrected chi connectivity index (χ4v) is 8.85. The third kappa shape index (κ3) is 8.80. The van der Waals surface area contributed by atoms with E-state index in [2.05, 4.69) is 141 Å². The van der Waals surface area contributed by atoms with Crippen LogP contribution >= 0.6 is 0 Å². The van der Waals surface area contributed by atoms with Crippen LogP contribution in [0.5, 0.6) is 0 Å². The molecule has 0 fully saturated rings. The Balaban J connectivity index is 1.54. The molecule has 0 atom stereocenters. The number of hydrogen-bond acceptors (Lipinski definition) is 0. The van der Waals surface area contributed by atoms with Gasteiger partial charge >= 0.3 is 0 Å². The predicted molar refractivity (Wildman–Crippen MR) is 231 cm³/mol. The van der Waals surface area contributed by atoms with Gasteiger partial charge in [-0.2, -0.15) is 0 Å². The number of rotatable bonds is 20. The van der Waals surface area contributed by atoms with Crippen molar-refractivity contribution in [2.75, 3.05) is 0 Å². The quantitative estimate of drug-likeness (QED) is 0.0807. The Kier molecular flexibility index (Phi) is 13.7. The van der Waals surface area contributed by atoms with E-state index in [4.69, 9.17) is 0 Å². The second-order valence-electron chi connectivity index (χ2n) is 17.7. The molecule has 52 heavy (non-hydrogen) atoms. The Hall–Kier alpha value is -3.12. The van der Waals surface area contributed by atoms with Crippen molar-refractivity contribution in [3.05, 3.63) is 107 Å². The van der Waals surface area contributed by atoms with E-state index in [1.807, 2.05) is 0 Å². The number of hydrogen-bond donors (Lipinski definition) is 0. The number of aryl methyl sites for hydroxylation is 1. The van der Waals surface area contributed by atoms with Crippen molar-refractivity contribution in [1.29, 1.82) is 0 Å². The molecular weight excluding hydrogens is 625 g/mol. The Bertz CT molecular complexity index is 1710. The number of fused-ring (bicyclic) bond motifs is 3. The first-order valence-electron chi connectivity index (χ1n) is 21.5. The smallest absolute Gasteiger partial charge is 0.0215 e. The molecule has 0 aromatic heterocycles. The van der Waals surface area contributed by atoms with Crippen molar-refractivity contribution in [3.63, 3.8) is 0 Å². The molecule has 0 bridgehead atoms. The highest BCUT2D eigenvalue weighted by Crippen LogP contribution is 2.56. The minimum Gasteiger partial charge on any atom is -0.0654 e. The highest BCUT2D eigenvalue weighted by Gasteiger charge is 2.43. The highest BCUT2D eigenvalue weighted by molar-refractivity contribution is 5.85. The van der Waals surface area contributed by atoms with Gasteiger partial charge in [0, 0.05) is 5.41 Å². The zero-order chi connectivity index (χ0) is 37.4. The summed E-state index contributed by atoms with van der Waals surface area (Å²) < 4.78 is 0. The molecule has 0 radical (unpaired) electrons. The monoisotopic (exact) mass is 697 g/mol. The van der Waals surface area contributed by atoms with Crippen molar-refractivity contribution >= 4 is 0 Å².